The average molecular weight is 717 g/mol. The molecule has 3 heterocycles. The summed E-state index contributed by atoms with van der Waals surface area (Å²) in [6.07, 6.45) is 0. The zero-order valence-corrected chi connectivity index (χ0v) is 30.2. The first kappa shape index (κ1) is 31.9. The Morgan fingerprint density at radius 1 is 0.357 bits per heavy atom. The van der Waals surface area contributed by atoms with Crippen molar-refractivity contribution in [2.45, 2.75) is 0 Å². The molecule has 0 atom stereocenters. The van der Waals surface area contributed by atoms with Gasteiger partial charge in [0.25, 0.3) is 0 Å². The maximum atomic E-state index is 6.90. The number of nitrogens with zero attached hydrogens (tertiary/aromatic N) is 4. The third kappa shape index (κ3) is 5.21. The van der Waals surface area contributed by atoms with Gasteiger partial charge >= 0.3 is 0 Å². The lowest BCUT2D eigenvalue weighted by atomic mass is 9.99. The number of hydrogen-bond donors (Lipinski definition) is 0. The van der Waals surface area contributed by atoms with Crippen molar-refractivity contribution in [2.75, 3.05) is 0 Å². The van der Waals surface area contributed by atoms with Crippen molar-refractivity contribution in [1.82, 2.24) is 19.5 Å². The standard InChI is InChI=1S/C51H32N4O/c1-4-15-33(16-5-1)34-27-29-37(30-28-34)50-52-49(36-19-8-3-9-20-36)53-51(54-50)41-22-11-13-25-44(41)55-43-24-12-10-21-39(43)40-31-32-42-46-38(35-17-6-2-7-18-35)23-14-26-45(46)56-48(42)47(40)55/h1-32H. The van der Waals surface area contributed by atoms with Gasteiger partial charge in [0.05, 0.1) is 16.7 Å². The van der Waals surface area contributed by atoms with Crippen molar-refractivity contribution in [3.8, 4) is 62.1 Å². The lowest BCUT2D eigenvalue weighted by Gasteiger charge is -2.14. The van der Waals surface area contributed by atoms with Crippen LogP contribution in [0, 0.1) is 0 Å². The van der Waals surface area contributed by atoms with Gasteiger partial charge in [-0.2, -0.15) is 0 Å². The van der Waals surface area contributed by atoms with Crippen molar-refractivity contribution in [1.29, 1.82) is 0 Å². The Kier molecular flexibility index (Phi) is 7.42. The van der Waals surface area contributed by atoms with Gasteiger partial charge in [-0.05, 0) is 52.6 Å². The normalized spacial score (nSPS) is 11.6. The van der Waals surface area contributed by atoms with Crippen molar-refractivity contribution >= 4 is 43.7 Å². The zero-order chi connectivity index (χ0) is 37.0. The highest BCUT2D eigenvalue weighted by Crippen LogP contribution is 2.44. The first-order valence-electron chi connectivity index (χ1n) is 18.8. The van der Waals surface area contributed by atoms with Crippen LogP contribution in [0.15, 0.2) is 199 Å². The molecule has 0 aliphatic rings. The molecule has 3 aromatic heterocycles. The molecule has 262 valence electrons. The van der Waals surface area contributed by atoms with E-state index in [9.17, 15) is 0 Å². The molecule has 0 saturated carbocycles. The maximum absolute atomic E-state index is 6.90. The summed E-state index contributed by atoms with van der Waals surface area (Å²) in [6, 6.07) is 67.2. The molecule has 11 rings (SSSR count). The number of para-hydroxylation sites is 2. The van der Waals surface area contributed by atoms with Crippen LogP contribution < -0.4 is 0 Å². The van der Waals surface area contributed by atoms with Crippen molar-refractivity contribution < 1.29 is 4.42 Å². The second-order valence-electron chi connectivity index (χ2n) is 14.0. The van der Waals surface area contributed by atoms with Gasteiger partial charge in [0.1, 0.15) is 5.58 Å². The fraction of sp³-hybridized carbons (Fsp3) is 0. The third-order valence-corrected chi connectivity index (χ3v) is 10.7. The van der Waals surface area contributed by atoms with Crippen LogP contribution in [0.2, 0.25) is 0 Å². The lowest BCUT2D eigenvalue weighted by molar-refractivity contribution is 0.671. The van der Waals surface area contributed by atoms with Gasteiger partial charge in [-0.15, -0.1) is 0 Å². The molecular weight excluding hydrogens is 685 g/mol. The predicted molar refractivity (Wildman–Crippen MR) is 229 cm³/mol. The molecular formula is C51H32N4O. The molecule has 0 amide bonds. The average Bonchev–Trinajstić information content (AvgIpc) is 3.83. The molecule has 0 aliphatic carbocycles. The highest BCUT2D eigenvalue weighted by Gasteiger charge is 2.23. The van der Waals surface area contributed by atoms with Gasteiger partial charge in [0.2, 0.25) is 0 Å². The van der Waals surface area contributed by atoms with Gasteiger partial charge in [0, 0.05) is 38.2 Å². The Bertz CT molecular complexity index is 3220. The third-order valence-electron chi connectivity index (χ3n) is 10.7. The van der Waals surface area contributed by atoms with E-state index in [2.05, 4.69) is 162 Å². The van der Waals surface area contributed by atoms with E-state index in [4.69, 9.17) is 19.4 Å². The van der Waals surface area contributed by atoms with E-state index in [1.165, 1.54) is 0 Å². The molecule has 0 bridgehead atoms. The van der Waals surface area contributed by atoms with Crippen LogP contribution in [0.25, 0.3) is 106 Å². The molecule has 11 aromatic rings. The van der Waals surface area contributed by atoms with Crippen LogP contribution in [0.4, 0.5) is 0 Å². The van der Waals surface area contributed by atoms with E-state index in [1.54, 1.807) is 0 Å². The Hall–Kier alpha value is -7.63. The highest BCUT2D eigenvalue weighted by molar-refractivity contribution is 6.23. The van der Waals surface area contributed by atoms with Crippen molar-refractivity contribution in [3.05, 3.63) is 194 Å². The summed E-state index contributed by atoms with van der Waals surface area (Å²) in [4.78, 5) is 15.4. The summed E-state index contributed by atoms with van der Waals surface area (Å²) in [7, 11) is 0. The smallest absolute Gasteiger partial charge is 0.166 e. The Balaban J connectivity index is 1.16. The second kappa shape index (κ2) is 13.0. The minimum atomic E-state index is 0.589. The topological polar surface area (TPSA) is 56.7 Å². The summed E-state index contributed by atoms with van der Waals surface area (Å²) in [6.45, 7) is 0. The van der Waals surface area contributed by atoms with Crippen molar-refractivity contribution in [3.63, 3.8) is 0 Å². The van der Waals surface area contributed by atoms with Gasteiger partial charge in [-0.25, -0.2) is 15.0 Å². The fourth-order valence-electron chi connectivity index (χ4n) is 8.08. The molecule has 0 fully saturated rings. The largest absolute Gasteiger partial charge is 0.454 e. The summed E-state index contributed by atoms with van der Waals surface area (Å²) < 4.78 is 9.23. The number of furan rings is 1. The Morgan fingerprint density at radius 2 is 0.893 bits per heavy atom. The van der Waals surface area contributed by atoms with Crippen LogP contribution in [0.1, 0.15) is 0 Å². The lowest BCUT2D eigenvalue weighted by Crippen LogP contribution is -2.03. The summed E-state index contributed by atoms with van der Waals surface area (Å²) in [5.41, 5.74) is 12.0. The molecule has 5 nitrogen and oxygen atoms in total. The van der Waals surface area contributed by atoms with Crippen LogP contribution in [-0.4, -0.2) is 19.5 Å². The number of fused-ring (bicyclic) bond motifs is 7. The van der Waals surface area contributed by atoms with Crippen LogP contribution in [0.3, 0.4) is 0 Å². The molecule has 5 heteroatoms. The summed E-state index contributed by atoms with van der Waals surface area (Å²) in [5.74, 6) is 1.81. The van der Waals surface area contributed by atoms with E-state index in [0.717, 1.165) is 88.4 Å². The minimum Gasteiger partial charge on any atom is -0.454 e. The van der Waals surface area contributed by atoms with Gasteiger partial charge in [0.15, 0.2) is 23.1 Å². The minimum absolute atomic E-state index is 0.589. The highest BCUT2D eigenvalue weighted by atomic mass is 16.3. The molecule has 0 N–H and O–H groups in total. The molecule has 56 heavy (non-hydrogen) atoms. The number of benzene rings is 8. The zero-order valence-electron chi connectivity index (χ0n) is 30.2. The van der Waals surface area contributed by atoms with Crippen LogP contribution in [0.5, 0.6) is 0 Å². The van der Waals surface area contributed by atoms with E-state index >= 15 is 0 Å². The summed E-state index contributed by atoms with van der Waals surface area (Å²) >= 11 is 0. The monoisotopic (exact) mass is 716 g/mol. The van der Waals surface area contributed by atoms with Crippen LogP contribution >= 0.6 is 0 Å². The SMILES string of the molecule is c1ccc(-c2ccc(-c3nc(-c4ccccc4)nc(-c4ccccc4-n4c5ccccc5c5ccc6c(oc7cccc(-c8ccccc8)c76)c54)n3)cc2)cc1. The van der Waals surface area contributed by atoms with E-state index < -0.39 is 0 Å². The Labute approximate surface area is 322 Å². The molecule has 0 aliphatic heterocycles. The van der Waals surface area contributed by atoms with Crippen molar-refractivity contribution in [2.24, 2.45) is 0 Å². The van der Waals surface area contributed by atoms with Gasteiger partial charge in [-0.1, -0.05) is 164 Å². The first-order chi connectivity index (χ1) is 27.8. The molecule has 8 aromatic carbocycles. The maximum Gasteiger partial charge on any atom is 0.166 e. The first-order valence-corrected chi connectivity index (χ1v) is 18.8. The van der Waals surface area contributed by atoms with E-state index in [0.29, 0.717) is 17.5 Å². The molecule has 0 saturated heterocycles. The van der Waals surface area contributed by atoms with Crippen LogP contribution in [-0.2, 0) is 0 Å². The van der Waals surface area contributed by atoms with Gasteiger partial charge < -0.3 is 8.98 Å². The quantitative estimate of drug-likeness (QED) is 0.172. The molecule has 0 spiro atoms. The number of aromatic nitrogens is 4. The summed E-state index contributed by atoms with van der Waals surface area (Å²) in [5, 5.41) is 4.43. The molecule has 0 unspecified atom stereocenters. The number of hydrogen-bond acceptors (Lipinski definition) is 4. The van der Waals surface area contributed by atoms with E-state index in [1.807, 2.05) is 36.4 Å². The molecule has 0 radical (unpaired) electrons. The second-order valence-corrected chi connectivity index (χ2v) is 14.0. The number of rotatable bonds is 6. The van der Waals surface area contributed by atoms with E-state index in [-0.39, 0.29) is 0 Å². The predicted octanol–water partition coefficient (Wildman–Crippen LogP) is 13.2. The fourth-order valence-corrected chi connectivity index (χ4v) is 8.08. The van der Waals surface area contributed by atoms with Gasteiger partial charge in [-0.3, -0.25) is 0 Å². The Morgan fingerprint density at radius 3 is 1.64 bits per heavy atom.